The first kappa shape index (κ1) is 17.7. The normalized spacial score (nSPS) is 11.6. The van der Waals surface area contributed by atoms with Crippen molar-refractivity contribution in [2.45, 2.75) is 13.0 Å². The number of likely N-dealkylation sites (N-methyl/N-ethyl adjacent to an activating group) is 1. The van der Waals surface area contributed by atoms with E-state index in [2.05, 4.69) is 5.32 Å². The van der Waals surface area contributed by atoms with Crippen LogP contribution in [0.1, 0.15) is 28.9 Å². The lowest BCUT2D eigenvalue weighted by Crippen LogP contribution is -2.44. The van der Waals surface area contributed by atoms with Crippen LogP contribution < -0.4 is 5.32 Å². The summed E-state index contributed by atoms with van der Waals surface area (Å²) in [4.78, 5) is 26.8. The van der Waals surface area contributed by atoms with E-state index in [1.54, 1.807) is 36.4 Å². The fraction of sp³-hybridized carbons (Fsp3) is 0.263. The number of aliphatic hydroxyl groups is 1. The van der Waals surface area contributed by atoms with E-state index in [1.165, 1.54) is 4.90 Å². The summed E-state index contributed by atoms with van der Waals surface area (Å²) in [5.74, 6) is -0.542. The van der Waals surface area contributed by atoms with Gasteiger partial charge in [0.1, 0.15) is 6.04 Å². The van der Waals surface area contributed by atoms with Crippen LogP contribution >= 0.6 is 0 Å². The number of hydrogen-bond donors (Lipinski definition) is 2. The van der Waals surface area contributed by atoms with Crippen molar-refractivity contribution in [3.05, 3.63) is 71.8 Å². The van der Waals surface area contributed by atoms with Gasteiger partial charge in [-0.1, -0.05) is 48.5 Å². The molecule has 0 radical (unpaired) electrons. The summed E-state index contributed by atoms with van der Waals surface area (Å²) in [5.41, 5.74) is 1.21. The van der Waals surface area contributed by atoms with Crippen LogP contribution in [0.4, 0.5) is 0 Å². The maximum atomic E-state index is 12.8. The van der Waals surface area contributed by atoms with Gasteiger partial charge in [-0.2, -0.15) is 0 Å². The second-order valence-corrected chi connectivity index (χ2v) is 5.32. The SMILES string of the molecule is CCN(CCO)C(=O)C(NC(=O)c1ccccc1)c1ccccc1. The molecular weight excluding hydrogens is 304 g/mol. The maximum Gasteiger partial charge on any atom is 0.252 e. The third kappa shape index (κ3) is 4.43. The molecule has 5 nitrogen and oxygen atoms in total. The van der Waals surface area contributed by atoms with Crippen LogP contribution in [0.5, 0.6) is 0 Å². The van der Waals surface area contributed by atoms with Gasteiger partial charge in [0.05, 0.1) is 6.61 Å². The molecular formula is C19H22N2O3. The number of nitrogens with one attached hydrogen (secondary N) is 1. The number of aliphatic hydroxyl groups excluding tert-OH is 1. The van der Waals surface area contributed by atoms with Crippen molar-refractivity contribution < 1.29 is 14.7 Å². The minimum Gasteiger partial charge on any atom is -0.395 e. The van der Waals surface area contributed by atoms with Crippen LogP contribution in [0.3, 0.4) is 0 Å². The predicted octanol–water partition coefficient (Wildman–Crippen LogP) is 2.00. The zero-order valence-corrected chi connectivity index (χ0v) is 13.7. The molecule has 0 aromatic heterocycles. The number of rotatable bonds is 7. The maximum absolute atomic E-state index is 12.8. The van der Waals surface area contributed by atoms with Crippen LogP contribution in [0.2, 0.25) is 0 Å². The van der Waals surface area contributed by atoms with Gasteiger partial charge in [-0.15, -0.1) is 0 Å². The highest BCUT2D eigenvalue weighted by Gasteiger charge is 2.26. The summed E-state index contributed by atoms with van der Waals surface area (Å²) in [6.07, 6.45) is 0. The van der Waals surface area contributed by atoms with Gasteiger partial charge in [0.15, 0.2) is 0 Å². The highest BCUT2D eigenvalue weighted by Crippen LogP contribution is 2.17. The molecule has 2 N–H and O–H groups in total. The highest BCUT2D eigenvalue weighted by molar-refractivity contribution is 5.97. The quantitative estimate of drug-likeness (QED) is 0.817. The summed E-state index contributed by atoms with van der Waals surface area (Å²) < 4.78 is 0. The molecule has 2 rings (SSSR count). The zero-order chi connectivity index (χ0) is 17.4. The van der Waals surface area contributed by atoms with E-state index in [-0.39, 0.29) is 25.0 Å². The lowest BCUT2D eigenvalue weighted by molar-refractivity contribution is -0.133. The van der Waals surface area contributed by atoms with Crippen LogP contribution in [0.25, 0.3) is 0 Å². The average Bonchev–Trinajstić information content (AvgIpc) is 2.65. The predicted molar refractivity (Wildman–Crippen MR) is 92.4 cm³/mol. The van der Waals surface area contributed by atoms with Crippen molar-refractivity contribution >= 4 is 11.8 Å². The number of nitrogens with zero attached hydrogens (tertiary/aromatic N) is 1. The van der Waals surface area contributed by atoms with Gasteiger partial charge in [0, 0.05) is 18.7 Å². The van der Waals surface area contributed by atoms with Gasteiger partial charge in [0.25, 0.3) is 5.91 Å². The Balaban J connectivity index is 2.26. The Labute approximate surface area is 141 Å². The van der Waals surface area contributed by atoms with Gasteiger partial charge in [-0.05, 0) is 24.6 Å². The molecule has 126 valence electrons. The molecule has 0 heterocycles. The van der Waals surface area contributed by atoms with E-state index in [9.17, 15) is 9.59 Å². The summed E-state index contributed by atoms with van der Waals surface area (Å²) in [7, 11) is 0. The Hall–Kier alpha value is -2.66. The van der Waals surface area contributed by atoms with Crippen molar-refractivity contribution in [1.29, 1.82) is 0 Å². The molecule has 2 amide bonds. The minimum atomic E-state index is -0.787. The molecule has 0 fully saturated rings. The molecule has 0 aliphatic heterocycles. The lowest BCUT2D eigenvalue weighted by atomic mass is 10.0. The largest absolute Gasteiger partial charge is 0.395 e. The zero-order valence-electron chi connectivity index (χ0n) is 13.7. The van der Waals surface area contributed by atoms with Crippen molar-refractivity contribution in [2.75, 3.05) is 19.7 Å². The summed E-state index contributed by atoms with van der Waals surface area (Å²) in [6.45, 7) is 2.42. The van der Waals surface area contributed by atoms with Crippen molar-refractivity contribution in [1.82, 2.24) is 10.2 Å². The van der Waals surface area contributed by atoms with Crippen molar-refractivity contribution in [3.8, 4) is 0 Å². The lowest BCUT2D eigenvalue weighted by Gasteiger charge is -2.26. The smallest absolute Gasteiger partial charge is 0.252 e. The van der Waals surface area contributed by atoms with Crippen molar-refractivity contribution in [2.24, 2.45) is 0 Å². The van der Waals surface area contributed by atoms with Crippen LogP contribution in [-0.2, 0) is 4.79 Å². The molecule has 0 aliphatic rings. The van der Waals surface area contributed by atoms with Gasteiger partial charge in [0.2, 0.25) is 5.91 Å². The molecule has 0 aliphatic carbocycles. The first-order valence-electron chi connectivity index (χ1n) is 7.98. The first-order chi connectivity index (χ1) is 11.7. The summed E-state index contributed by atoms with van der Waals surface area (Å²) >= 11 is 0. The van der Waals surface area contributed by atoms with Crippen molar-refractivity contribution in [3.63, 3.8) is 0 Å². The number of hydrogen-bond acceptors (Lipinski definition) is 3. The minimum absolute atomic E-state index is 0.117. The number of amides is 2. The Bertz CT molecular complexity index is 659. The molecule has 1 atom stereocenters. The van der Waals surface area contributed by atoms with Gasteiger partial charge in [-0.3, -0.25) is 9.59 Å². The molecule has 5 heteroatoms. The van der Waals surface area contributed by atoms with E-state index >= 15 is 0 Å². The summed E-state index contributed by atoms with van der Waals surface area (Å²) in [5, 5.41) is 12.0. The van der Waals surface area contributed by atoms with Crippen LogP contribution in [0.15, 0.2) is 60.7 Å². The van der Waals surface area contributed by atoms with Gasteiger partial charge >= 0.3 is 0 Å². The molecule has 2 aromatic rings. The third-order valence-electron chi connectivity index (χ3n) is 3.75. The Kier molecular flexibility index (Phi) is 6.51. The molecule has 0 spiro atoms. The van der Waals surface area contributed by atoms with Crippen LogP contribution in [-0.4, -0.2) is 41.5 Å². The number of carbonyl (C=O) groups excluding carboxylic acids is 2. The average molecular weight is 326 g/mol. The second-order valence-electron chi connectivity index (χ2n) is 5.32. The fourth-order valence-corrected chi connectivity index (χ4v) is 2.46. The van der Waals surface area contributed by atoms with Gasteiger partial charge < -0.3 is 15.3 Å². The topological polar surface area (TPSA) is 69.6 Å². The fourth-order valence-electron chi connectivity index (χ4n) is 2.46. The molecule has 1 unspecified atom stereocenters. The molecule has 2 aromatic carbocycles. The molecule has 24 heavy (non-hydrogen) atoms. The van der Waals surface area contributed by atoms with E-state index in [0.717, 1.165) is 0 Å². The van der Waals surface area contributed by atoms with E-state index in [4.69, 9.17) is 5.11 Å². The second kappa shape index (κ2) is 8.84. The third-order valence-corrected chi connectivity index (χ3v) is 3.75. The monoisotopic (exact) mass is 326 g/mol. The summed E-state index contributed by atoms with van der Waals surface area (Å²) in [6, 6.07) is 17.1. The molecule has 0 saturated heterocycles. The first-order valence-corrected chi connectivity index (χ1v) is 7.98. The standard InChI is InChI=1S/C19H22N2O3/c1-2-21(13-14-22)19(24)17(15-9-5-3-6-10-15)20-18(23)16-11-7-4-8-12-16/h3-12,17,22H,2,13-14H2,1H3,(H,20,23). The van der Waals surface area contributed by atoms with E-state index < -0.39 is 6.04 Å². The highest BCUT2D eigenvalue weighted by atomic mass is 16.3. The number of carbonyl (C=O) groups is 2. The van der Waals surface area contributed by atoms with E-state index in [1.807, 2.05) is 31.2 Å². The van der Waals surface area contributed by atoms with Crippen LogP contribution in [0, 0.1) is 0 Å². The molecule has 0 bridgehead atoms. The Morgan fingerprint density at radius 2 is 1.62 bits per heavy atom. The Morgan fingerprint density at radius 3 is 2.17 bits per heavy atom. The molecule has 0 saturated carbocycles. The van der Waals surface area contributed by atoms with Gasteiger partial charge in [-0.25, -0.2) is 0 Å². The Morgan fingerprint density at radius 1 is 1.04 bits per heavy atom. The van der Waals surface area contributed by atoms with E-state index in [0.29, 0.717) is 17.7 Å². The number of benzene rings is 2.